The summed E-state index contributed by atoms with van der Waals surface area (Å²) in [5.41, 5.74) is 8.41. The summed E-state index contributed by atoms with van der Waals surface area (Å²) in [4.78, 5) is 11.6. The first-order valence-electron chi connectivity index (χ1n) is 6.44. The molecular formula is C15H23NO2. The molecule has 2 unspecified atom stereocenters. The highest BCUT2D eigenvalue weighted by Crippen LogP contribution is 2.25. The van der Waals surface area contributed by atoms with Crippen LogP contribution in [0.3, 0.4) is 0 Å². The highest BCUT2D eigenvalue weighted by atomic mass is 16.5. The molecule has 0 saturated carbocycles. The number of hydrogen-bond acceptors (Lipinski definition) is 3. The van der Waals surface area contributed by atoms with Crippen LogP contribution in [0.15, 0.2) is 24.3 Å². The van der Waals surface area contributed by atoms with E-state index in [1.54, 1.807) is 0 Å². The van der Waals surface area contributed by atoms with Crippen molar-refractivity contribution in [2.75, 3.05) is 7.11 Å². The fourth-order valence-electron chi connectivity index (χ4n) is 2.05. The number of ether oxygens (including phenoxy) is 1. The van der Waals surface area contributed by atoms with Gasteiger partial charge in [-0.3, -0.25) is 4.79 Å². The fourth-order valence-corrected chi connectivity index (χ4v) is 2.05. The van der Waals surface area contributed by atoms with Gasteiger partial charge in [0.25, 0.3) is 0 Å². The summed E-state index contributed by atoms with van der Waals surface area (Å²) in [5, 5.41) is 0. The molecule has 3 heteroatoms. The SMILES string of the molecule is CCC(C(=O)OC)C(N)c1ccc(C(C)C)cc1. The second kappa shape index (κ2) is 6.55. The molecule has 18 heavy (non-hydrogen) atoms. The van der Waals surface area contributed by atoms with E-state index in [1.807, 2.05) is 19.1 Å². The van der Waals surface area contributed by atoms with Crippen LogP contribution in [0, 0.1) is 5.92 Å². The molecule has 1 rings (SSSR count). The van der Waals surface area contributed by atoms with Gasteiger partial charge in [0.1, 0.15) is 0 Å². The van der Waals surface area contributed by atoms with Gasteiger partial charge in [-0.1, -0.05) is 45.0 Å². The van der Waals surface area contributed by atoms with Crippen LogP contribution in [-0.2, 0) is 9.53 Å². The molecule has 3 nitrogen and oxygen atoms in total. The Bertz CT molecular complexity index is 384. The van der Waals surface area contributed by atoms with Crippen molar-refractivity contribution in [1.82, 2.24) is 0 Å². The molecule has 1 aromatic rings. The first-order chi connectivity index (χ1) is 8.51. The third-order valence-corrected chi connectivity index (χ3v) is 3.37. The summed E-state index contributed by atoms with van der Waals surface area (Å²) in [6.07, 6.45) is 0.680. The Balaban J connectivity index is 2.88. The summed E-state index contributed by atoms with van der Waals surface area (Å²) in [6.45, 7) is 6.25. The lowest BCUT2D eigenvalue weighted by atomic mass is 9.90. The molecule has 100 valence electrons. The molecule has 0 heterocycles. The zero-order chi connectivity index (χ0) is 13.7. The van der Waals surface area contributed by atoms with Gasteiger partial charge in [0, 0.05) is 6.04 Å². The first-order valence-corrected chi connectivity index (χ1v) is 6.44. The molecule has 2 atom stereocenters. The minimum absolute atomic E-state index is 0.238. The summed E-state index contributed by atoms with van der Waals surface area (Å²) >= 11 is 0. The first kappa shape index (κ1) is 14.7. The smallest absolute Gasteiger partial charge is 0.310 e. The number of benzene rings is 1. The number of hydrogen-bond donors (Lipinski definition) is 1. The Morgan fingerprint density at radius 1 is 1.22 bits per heavy atom. The van der Waals surface area contributed by atoms with Crippen LogP contribution in [0.4, 0.5) is 0 Å². The largest absolute Gasteiger partial charge is 0.469 e. The van der Waals surface area contributed by atoms with Crippen LogP contribution in [0.25, 0.3) is 0 Å². The zero-order valence-corrected chi connectivity index (χ0v) is 11.6. The van der Waals surface area contributed by atoms with Crippen molar-refractivity contribution in [2.45, 2.75) is 39.2 Å². The molecule has 2 N–H and O–H groups in total. The standard InChI is InChI=1S/C15H23NO2/c1-5-13(15(17)18-4)14(16)12-8-6-11(7-9-12)10(2)3/h6-10,13-14H,5,16H2,1-4H3. The predicted octanol–water partition coefficient (Wildman–Crippen LogP) is 3.01. The van der Waals surface area contributed by atoms with Crippen molar-refractivity contribution < 1.29 is 9.53 Å². The number of rotatable bonds is 5. The van der Waals surface area contributed by atoms with Gasteiger partial charge in [0.05, 0.1) is 13.0 Å². The molecule has 1 aromatic carbocycles. The van der Waals surface area contributed by atoms with Gasteiger partial charge < -0.3 is 10.5 Å². The van der Waals surface area contributed by atoms with Crippen LogP contribution >= 0.6 is 0 Å². The maximum atomic E-state index is 11.6. The van der Waals surface area contributed by atoms with Gasteiger partial charge >= 0.3 is 5.97 Å². The molecule has 0 aromatic heterocycles. The number of carbonyl (C=O) groups excluding carboxylic acids is 1. The van der Waals surface area contributed by atoms with Crippen molar-refractivity contribution in [3.05, 3.63) is 35.4 Å². The van der Waals surface area contributed by atoms with E-state index in [2.05, 4.69) is 26.0 Å². The molecule has 0 fully saturated rings. The molecule has 0 saturated heterocycles. The lowest BCUT2D eigenvalue weighted by Crippen LogP contribution is -2.28. The van der Waals surface area contributed by atoms with E-state index in [-0.39, 0.29) is 17.9 Å². The second-order valence-electron chi connectivity index (χ2n) is 4.89. The maximum Gasteiger partial charge on any atom is 0.310 e. The van der Waals surface area contributed by atoms with Gasteiger partial charge in [-0.2, -0.15) is 0 Å². The zero-order valence-electron chi connectivity index (χ0n) is 11.6. The number of esters is 1. The number of carbonyl (C=O) groups is 1. The average Bonchev–Trinajstić information content (AvgIpc) is 2.39. The summed E-state index contributed by atoms with van der Waals surface area (Å²) in [5.74, 6) is -0.0179. The monoisotopic (exact) mass is 249 g/mol. The van der Waals surface area contributed by atoms with E-state index >= 15 is 0 Å². The minimum Gasteiger partial charge on any atom is -0.469 e. The topological polar surface area (TPSA) is 52.3 Å². The van der Waals surface area contributed by atoms with Crippen LogP contribution in [0.2, 0.25) is 0 Å². The highest BCUT2D eigenvalue weighted by molar-refractivity contribution is 5.73. The molecule has 0 bridgehead atoms. The summed E-state index contributed by atoms with van der Waals surface area (Å²) in [7, 11) is 1.40. The van der Waals surface area contributed by atoms with E-state index in [4.69, 9.17) is 10.5 Å². The Morgan fingerprint density at radius 3 is 2.11 bits per heavy atom. The van der Waals surface area contributed by atoms with Crippen molar-refractivity contribution >= 4 is 5.97 Å². The number of nitrogens with two attached hydrogens (primary N) is 1. The quantitative estimate of drug-likeness (QED) is 0.816. The average molecular weight is 249 g/mol. The van der Waals surface area contributed by atoms with Crippen LogP contribution < -0.4 is 5.73 Å². The second-order valence-corrected chi connectivity index (χ2v) is 4.89. The van der Waals surface area contributed by atoms with E-state index in [9.17, 15) is 4.79 Å². The summed E-state index contributed by atoms with van der Waals surface area (Å²) < 4.78 is 4.79. The van der Waals surface area contributed by atoms with Gasteiger partial charge in [-0.05, 0) is 23.5 Å². The Labute approximate surface area is 109 Å². The normalized spacial score (nSPS) is 14.3. The van der Waals surface area contributed by atoms with Gasteiger partial charge in [-0.15, -0.1) is 0 Å². The summed E-state index contributed by atoms with van der Waals surface area (Å²) in [6, 6.07) is 7.86. The van der Waals surface area contributed by atoms with Crippen molar-refractivity contribution in [2.24, 2.45) is 11.7 Å². The van der Waals surface area contributed by atoms with E-state index < -0.39 is 0 Å². The number of methoxy groups -OCH3 is 1. The van der Waals surface area contributed by atoms with Crippen LogP contribution in [0.1, 0.15) is 50.3 Å². The minimum atomic E-state index is -0.302. The lowest BCUT2D eigenvalue weighted by Gasteiger charge is -2.21. The molecular weight excluding hydrogens is 226 g/mol. The van der Waals surface area contributed by atoms with E-state index in [0.717, 1.165) is 5.56 Å². The van der Waals surface area contributed by atoms with Crippen LogP contribution in [-0.4, -0.2) is 13.1 Å². The maximum absolute atomic E-state index is 11.6. The van der Waals surface area contributed by atoms with Gasteiger partial charge in [-0.25, -0.2) is 0 Å². The van der Waals surface area contributed by atoms with E-state index in [0.29, 0.717) is 12.3 Å². The molecule has 0 aliphatic rings. The third kappa shape index (κ3) is 3.33. The Morgan fingerprint density at radius 2 is 1.72 bits per heavy atom. The van der Waals surface area contributed by atoms with Crippen molar-refractivity contribution in [3.63, 3.8) is 0 Å². The van der Waals surface area contributed by atoms with Crippen LogP contribution in [0.5, 0.6) is 0 Å². The lowest BCUT2D eigenvalue weighted by molar-refractivity contribution is -0.146. The fraction of sp³-hybridized carbons (Fsp3) is 0.533. The molecule has 0 aliphatic heterocycles. The van der Waals surface area contributed by atoms with Gasteiger partial charge in [0.2, 0.25) is 0 Å². The highest BCUT2D eigenvalue weighted by Gasteiger charge is 2.25. The molecule has 0 spiro atoms. The van der Waals surface area contributed by atoms with E-state index in [1.165, 1.54) is 12.7 Å². The third-order valence-electron chi connectivity index (χ3n) is 3.37. The van der Waals surface area contributed by atoms with Gasteiger partial charge in [0.15, 0.2) is 0 Å². The molecule has 0 aliphatic carbocycles. The predicted molar refractivity (Wildman–Crippen MR) is 73.3 cm³/mol. The molecule has 0 amide bonds. The molecule has 0 radical (unpaired) electrons. The Hall–Kier alpha value is -1.35. The van der Waals surface area contributed by atoms with Crippen molar-refractivity contribution in [3.8, 4) is 0 Å². The Kier molecular flexibility index (Phi) is 5.35. The van der Waals surface area contributed by atoms with Crippen molar-refractivity contribution in [1.29, 1.82) is 0 Å².